The third kappa shape index (κ3) is 2.61. The largest absolute Gasteiger partial charge is 0.464 e. The first-order valence-electron chi connectivity index (χ1n) is 6.96. The summed E-state index contributed by atoms with van der Waals surface area (Å²) >= 11 is 0. The van der Waals surface area contributed by atoms with Crippen LogP contribution in [0.15, 0.2) is 18.2 Å². The van der Waals surface area contributed by atoms with Gasteiger partial charge in [-0.15, -0.1) is 0 Å². The predicted octanol–water partition coefficient (Wildman–Crippen LogP) is 2.83. The van der Waals surface area contributed by atoms with Crippen molar-refractivity contribution in [1.29, 1.82) is 0 Å². The number of ether oxygens (including phenoxy) is 1. The smallest absolute Gasteiger partial charge is 0.328 e. The summed E-state index contributed by atoms with van der Waals surface area (Å²) in [4.78, 5) is 16.5. The van der Waals surface area contributed by atoms with Gasteiger partial charge in [0, 0.05) is 0 Å². The number of anilines is 1. The molecule has 20 heavy (non-hydrogen) atoms. The lowest BCUT2D eigenvalue weighted by atomic mass is 10.2. The maximum Gasteiger partial charge on any atom is 0.328 e. The molecule has 0 radical (unpaired) electrons. The Morgan fingerprint density at radius 2 is 2.25 bits per heavy atom. The zero-order valence-electron chi connectivity index (χ0n) is 12.2. The molecule has 0 aliphatic rings. The second-order valence-corrected chi connectivity index (χ2v) is 4.94. The van der Waals surface area contributed by atoms with Crippen LogP contribution < -0.4 is 5.73 Å². The predicted molar refractivity (Wildman–Crippen MR) is 79.5 cm³/mol. The van der Waals surface area contributed by atoms with Crippen molar-refractivity contribution in [3.05, 3.63) is 24.0 Å². The van der Waals surface area contributed by atoms with E-state index in [-0.39, 0.29) is 5.97 Å². The van der Waals surface area contributed by atoms with E-state index in [4.69, 9.17) is 10.5 Å². The van der Waals surface area contributed by atoms with Gasteiger partial charge in [0.15, 0.2) is 0 Å². The van der Waals surface area contributed by atoms with E-state index >= 15 is 0 Å². The third-order valence-corrected chi connectivity index (χ3v) is 3.40. The number of nitrogens with two attached hydrogens (primary N) is 1. The molecule has 2 rings (SSSR count). The van der Waals surface area contributed by atoms with Crippen LogP contribution in [0.25, 0.3) is 11.0 Å². The molecule has 0 aliphatic heterocycles. The number of unbranched alkanes of at least 4 members (excludes halogenated alkanes) is 1. The average Bonchev–Trinajstić information content (AvgIpc) is 2.76. The summed E-state index contributed by atoms with van der Waals surface area (Å²) in [7, 11) is 0. The fourth-order valence-electron chi connectivity index (χ4n) is 2.29. The number of fused-ring (bicyclic) bond motifs is 1. The highest BCUT2D eigenvalue weighted by molar-refractivity contribution is 5.89. The lowest BCUT2D eigenvalue weighted by Crippen LogP contribution is -2.20. The number of nitrogens with zero attached hydrogens (tertiary/aromatic N) is 2. The number of para-hydroxylation sites is 1. The molecule has 0 aliphatic carbocycles. The first-order valence-corrected chi connectivity index (χ1v) is 6.96. The molecule has 0 saturated carbocycles. The number of imidazole rings is 1. The Hall–Kier alpha value is -2.04. The highest BCUT2D eigenvalue weighted by Crippen LogP contribution is 2.25. The number of aromatic nitrogens is 2. The van der Waals surface area contributed by atoms with Crippen molar-refractivity contribution in [3.63, 3.8) is 0 Å². The fourth-order valence-corrected chi connectivity index (χ4v) is 2.29. The number of esters is 1. The Morgan fingerprint density at radius 3 is 2.95 bits per heavy atom. The van der Waals surface area contributed by atoms with E-state index in [0.29, 0.717) is 12.3 Å². The molecule has 1 heterocycles. The minimum Gasteiger partial charge on any atom is -0.464 e. The summed E-state index contributed by atoms with van der Waals surface area (Å²) in [6, 6.07) is 5.19. The highest BCUT2D eigenvalue weighted by atomic mass is 16.5. The van der Waals surface area contributed by atoms with Gasteiger partial charge in [0.25, 0.3) is 0 Å². The number of benzene rings is 1. The van der Waals surface area contributed by atoms with E-state index in [0.717, 1.165) is 29.7 Å². The number of nitrogen functional groups attached to an aromatic ring is 1. The van der Waals surface area contributed by atoms with Crippen LogP contribution >= 0.6 is 0 Å². The van der Waals surface area contributed by atoms with Gasteiger partial charge in [-0.25, -0.2) is 9.78 Å². The molecule has 108 valence electrons. The van der Waals surface area contributed by atoms with Crippen molar-refractivity contribution in [2.24, 2.45) is 0 Å². The number of aryl methyl sites for hydroxylation is 1. The fraction of sp³-hybridized carbons (Fsp3) is 0.467. The molecule has 0 spiro atoms. The van der Waals surface area contributed by atoms with Crippen molar-refractivity contribution < 1.29 is 9.53 Å². The summed E-state index contributed by atoms with van der Waals surface area (Å²) in [5, 5.41) is 0. The topological polar surface area (TPSA) is 70.1 Å². The van der Waals surface area contributed by atoms with Crippen LogP contribution in [0.3, 0.4) is 0 Å². The number of hydrogen-bond donors (Lipinski definition) is 1. The molecule has 1 aromatic heterocycles. The summed E-state index contributed by atoms with van der Waals surface area (Å²) in [6.45, 7) is 6.22. The van der Waals surface area contributed by atoms with Crippen LogP contribution in [0.1, 0.15) is 38.6 Å². The van der Waals surface area contributed by atoms with Crippen molar-refractivity contribution in [2.45, 2.75) is 39.7 Å². The minimum atomic E-state index is -0.404. The van der Waals surface area contributed by atoms with Gasteiger partial charge in [-0.05, 0) is 32.4 Å². The molecule has 5 heteroatoms. The zero-order chi connectivity index (χ0) is 14.7. The van der Waals surface area contributed by atoms with Crippen LogP contribution in [0.2, 0.25) is 0 Å². The highest BCUT2D eigenvalue weighted by Gasteiger charge is 2.21. The van der Waals surface area contributed by atoms with E-state index in [1.165, 1.54) is 0 Å². The van der Waals surface area contributed by atoms with Gasteiger partial charge in [-0.1, -0.05) is 19.4 Å². The Balaban J connectivity index is 2.30. The monoisotopic (exact) mass is 275 g/mol. The Kier molecular flexibility index (Phi) is 4.27. The Labute approximate surface area is 118 Å². The third-order valence-electron chi connectivity index (χ3n) is 3.40. The molecule has 2 N–H and O–H groups in total. The van der Waals surface area contributed by atoms with Gasteiger partial charge in [0.1, 0.15) is 17.4 Å². The molecular formula is C15H21N3O2. The van der Waals surface area contributed by atoms with Crippen molar-refractivity contribution in [1.82, 2.24) is 9.55 Å². The second kappa shape index (κ2) is 5.94. The van der Waals surface area contributed by atoms with Crippen molar-refractivity contribution >= 4 is 22.7 Å². The van der Waals surface area contributed by atoms with Gasteiger partial charge in [0.2, 0.25) is 0 Å². The summed E-state index contributed by atoms with van der Waals surface area (Å²) < 4.78 is 7.16. The van der Waals surface area contributed by atoms with Gasteiger partial charge in [-0.3, -0.25) is 0 Å². The van der Waals surface area contributed by atoms with Crippen molar-refractivity contribution in [2.75, 3.05) is 12.3 Å². The average molecular weight is 275 g/mol. The van der Waals surface area contributed by atoms with Gasteiger partial charge < -0.3 is 15.0 Å². The van der Waals surface area contributed by atoms with E-state index in [2.05, 4.69) is 11.9 Å². The maximum absolute atomic E-state index is 12.1. The Morgan fingerprint density at radius 1 is 1.50 bits per heavy atom. The lowest BCUT2D eigenvalue weighted by molar-refractivity contribution is -0.147. The first-order chi connectivity index (χ1) is 9.56. The minimum absolute atomic E-state index is 0.233. The quantitative estimate of drug-likeness (QED) is 0.517. The molecule has 2 aromatic rings. The summed E-state index contributed by atoms with van der Waals surface area (Å²) in [6.07, 6.45) is 1.89. The van der Waals surface area contributed by atoms with E-state index < -0.39 is 6.04 Å². The zero-order valence-corrected chi connectivity index (χ0v) is 12.2. The maximum atomic E-state index is 12.1. The van der Waals surface area contributed by atoms with Crippen LogP contribution in [-0.4, -0.2) is 22.1 Å². The van der Waals surface area contributed by atoms with Gasteiger partial charge >= 0.3 is 5.97 Å². The summed E-state index contributed by atoms with van der Waals surface area (Å²) in [5.41, 5.74) is 8.14. The molecule has 1 aromatic carbocycles. The van der Waals surface area contributed by atoms with Crippen molar-refractivity contribution in [3.8, 4) is 0 Å². The molecule has 0 fully saturated rings. The van der Waals surface area contributed by atoms with Gasteiger partial charge in [-0.2, -0.15) is 0 Å². The standard InChI is InChI=1S/C15H21N3O2/c1-4-5-9-20-15(19)10(2)18-11(3)17-14-12(16)7-6-8-13(14)18/h6-8,10H,4-5,9,16H2,1-3H3. The van der Waals surface area contributed by atoms with Crippen LogP contribution in [0.5, 0.6) is 0 Å². The normalized spacial score (nSPS) is 12.6. The van der Waals surface area contributed by atoms with Gasteiger partial charge in [0.05, 0.1) is 17.8 Å². The Bertz CT molecular complexity index is 619. The van der Waals surface area contributed by atoms with E-state index in [1.54, 1.807) is 0 Å². The molecular weight excluding hydrogens is 254 g/mol. The number of hydrogen-bond acceptors (Lipinski definition) is 4. The van der Waals surface area contributed by atoms with E-state index in [9.17, 15) is 4.79 Å². The van der Waals surface area contributed by atoms with Crippen LogP contribution in [0, 0.1) is 6.92 Å². The number of carbonyl (C=O) groups is 1. The molecule has 5 nitrogen and oxygen atoms in total. The molecule has 1 unspecified atom stereocenters. The molecule has 0 amide bonds. The first kappa shape index (κ1) is 14.4. The lowest BCUT2D eigenvalue weighted by Gasteiger charge is -2.15. The molecule has 1 atom stereocenters. The number of rotatable bonds is 5. The summed E-state index contributed by atoms with van der Waals surface area (Å²) in [5.74, 6) is 0.529. The van der Waals surface area contributed by atoms with Crippen LogP contribution in [-0.2, 0) is 9.53 Å². The molecule has 0 bridgehead atoms. The second-order valence-electron chi connectivity index (χ2n) is 4.94. The SMILES string of the molecule is CCCCOC(=O)C(C)n1c(C)nc2c(N)cccc21. The molecule has 0 saturated heterocycles. The number of carbonyl (C=O) groups excluding carboxylic acids is 1. The van der Waals surface area contributed by atoms with Crippen LogP contribution in [0.4, 0.5) is 5.69 Å². The van der Waals surface area contributed by atoms with E-state index in [1.807, 2.05) is 36.6 Å².